The number of hydrogen-bond acceptors (Lipinski definition) is 5. The lowest BCUT2D eigenvalue weighted by molar-refractivity contribution is 0.0967. The van der Waals surface area contributed by atoms with Gasteiger partial charge in [0, 0.05) is 28.0 Å². The number of furan rings is 1. The Labute approximate surface area is 162 Å². The topological polar surface area (TPSA) is 59.2 Å². The van der Waals surface area contributed by atoms with E-state index in [2.05, 4.69) is 26.1 Å². The molecule has 0 aliphatic carbocycles. The van der Waals surface area contributed by atoms with Gasteiger partial charge in [-0.1, -0.05) is 57.6 Å². The van der Waals surface area contributed by atoms with Crippen molar-refractivity contribution in [2.75, 3.05) is 11.9 Å². The summed E-state index contributed by atoms with van der Waals surface area (Å²) in [6.45, 7) is 1.89. The number of rotatable bonds is 3. The molecule has 0 spiro atoms. The quantitative estimate of drug-likeness (QED) is 0.445. The van der Waals surface area contributed by atoms with Crippen LogP contribution in [0.15, 0.2) is 57.4 Å². The van der Waals surface area contributed by atoms with Gasteiger partial charge in [-0.2, -0.15) is 0 Å². The molecule has 26 heavy (non-hydrogen) atoms. The van der Waals surface area contributed by atoms with Gasteiger partial charge in [0.2, 0.25) is 5.13 Å². The van der Waals surface area contributed by atoms with Crippen LogP contribution in [0, 0.1) is 6.92 Å². The van der Waals surface area contributed by atoms with Crippen LogP contribution in [0.25, 0.3) is 21.5 Å². The second-order valence-corrected chi connectivity index (χ2v) is 7.68. The second kappa shape index (κ2) is 6.66. The van der Waals surface area contributed by atoms with Crippen LogP contribution in [0.4, 0.5) is 5.13 Å². The number of carbonyl (C=O) groups is 1. The number of aromatic nitrogens is 2. The van der Waals surface area contributed by atoms with E-state index in [-0.39, 0.29) is 5.91 Å². The van der Waals surface area contributed by atoms with E-state index in [1.54, 1.807) is 7.05 Å². The van der Waals surface area contributed by atoms with E-state index in [9.17, 15) is 4.79 Å². The molecule has 4 aromatic rings. The molecule has 5 nitrogen and oxygen atoms in total. The van der Waals surface area contributed by atoms with Crippen molar-refractivity contribution in [2.45, 2.75) is 6.92 Å². The Bertz CT molecular complexity index is 1100. The highest BCUT2D eigenvalue weighted by molar-refractivity contribution is 9.10. The van der Waals surface area contributed by atoms with Gasteiger partial charge < -0.3 is 4.42 Å². The lowest BCUT2D eigenvalue weighted by Gasteiger charge is -2.11. The van der Waals surface area contributed by atoms with E-state index in [1.165, 1.54) is 16.2 Å². The summed E-state index contributed by atoms with van der Waals surface area (Å²) in [5.41, 5.74) is 2.49. The summed E-state index contributed by atoms with van der Waals surface area (Å²) in [7, 11) is 1.68. The van der Waals surface area contributed by atoms with Crippen molar-refractivity contribution in [3.05, 3.63) is 64.3 Å². The Morgan fingerprint density at radius 1 is 1.12 bits per heavy atom. The monoisotopic (exact) mass is 427 g/mol. The van der Waals surface area contributed by atoms with Gasteiger partial charge in [0.1, 0.15) is 10.6 Å². The summed E-state index contributed by atoms with van der Waals surface area (Å²) in [4.78, 5) is 14.4. The van der Waals surface area contributed by atoms with E-state index in [1.807, 2.05) is 55.5 Å². The van der Waals surface area contributed by atoms with E-state index in [4.69, 9.17) is 4.42 Å². The van der Waals surface area contributed by atoms with E-state index in [0.717, 1.165) is 26.0 Å². The highest BCUT2D eigenvalue weighted by Crippen LogP contribution is 2.31. The lowest BCUT2D eigenvalue weighted by atomic mass is 10.1. The summed E-state index contributed by atoms with van der Waals surface area (Å²) in [6, 6.07) is 15.4. The third-order valence-electron chi connectivity index (χ3n) is 4.13. The van der Waals surface area contributed by atoms with Gasteiger partial charge in [-0.3, -0.25) is 9.69 Å². The van der Waals surface area contributed by atoms with Crippen LogP contribution < -0.4 is 4.90 Å². The zero-order valence-corrected chi connectivity index (χ0v) is 16.5. The molecule has 0 unspecified atom stereocenters. The molecule has 7 heteroatoms. The number of amides is 1. The molecule has 0 fully saturated rings. The average Bonchev–Trinajstić information content (AvgIpc) is 3.27. The number of para-hydroxylation sites is 1. The van der Waals surface area contributed by atoms with Gasteiger partial charge in [-0.05, 0) is 25.1 Å². The number of carbonyl (C=O) groups excluding carboxylic acids is 1. The molecular weight excluding hydrogens is 414 g/mol. The maximum atomic E-state index is 12.9. The van der Waals surface area contributed by atoms with Gasteiger partial charge in [0.15, 0.2) is 5.76 Å². The third-order valence-corrected chi connectivity index (χ3v) is 5.71. The summed E-state index contributed by atoms with van der Waals surface area (Å²) in [6.07, 6.45) is 0. The molecule has 4 rings (SSSR count). The van der Waals surface area contributed by atoms with Gasteiger partial charge in [-0.25, -0.2) is 0 Å². The molecule has 1 amide bonds. The summed E-state index contributed by atoms with van der Waals surface area (Å²) in [5.74, 6) is 0.0892. The van der Waals surface area contributed by atoms with Gasteiger partial charge in [-0.15, -0.1) is 10.2 Å². The second-order valence-electron chi connectivity index (χ2n) is 5.81. The van der Waals surface area contributed by atoms with Crippen LogP contribution in [0.2, 0.25) is 0 Å². The fourth-order valence-corrected chi connectivity index (χ4v) is 3.75. The number of fused-ring (bicyclic) bond motifs is 1. The van der Waals surface area contributed by atoms with Crippen molar-refractivity contribution in [3.8, 4) is 10.6 Å². The van der Waals surface area contributed by atoms with Crippen LogP contribution in [-0.2, 0) is 0 Å². The first-order chi connectivity index (χ1) is 12.5. The maximum absolute atomic E-state index is 12.9. The van der Waals surface area contributed by atoms with Crippen LogP contribution >= 0.6 is 27.3 Å². The zero-order valence-electron chi connectivity index (χ0n) is 14.1. The molecule has 0 saturated carbocycles. The molecule has 0 N–H and O–H groups in total. The largest absolute Gasteiger partial charge is 0.451 e. The molecule has 130 valence electrons. The Kier molecular flexibility index (Phi) is 4.34. The Morgan fingerprint density at radius 2 is 1.85 bits per heavy atom. The van der Waals surface area contributed by atoms with Crippen LogP contribution in [0.1, 0.15) is 16.1 Å². The number of anilines is 1. The Morgan fingerprint density at radius 3 is 2.58 bits per heavy atom. The highest BCUT2D eigenvalue weighted by atomic mass is 79.9. The van der Waals surface area contributed by atoms with Gasteiger partial charge >= 0.3 is 0 Å². The predicted molar refractivity (Wildman–Crippen MR) is 107 cm³/mol. The SMILES string of the molecule is Cc1c(C(=O)N(C)c2nnc(-c3ccc(Br)cc3)s2)oc2ccccc12. The number of aryl methyl sites for hydroxylation is 1. The first kappa shape index (κ1) is 16.9. The summed E-state index contributed by atoms with van der Waals surface area (Å²) >= 11 is 4.78. The van der Waals surface area contributed by atoms with Crippen molar-refractivity contribution < 1.29 is 9.21 Å². The Balaban J connectivity index is 1.64. The first-order valence-electron chi connectivity index (χ1n) is 7.90. The van der Waals surface area contributed by atoms with Crippen LogP contribution in [-0.4, -0.2) is 23.2 Å². The van der Waals surface area contributed by atoms with Gasteiger partial charge in [0.05, 0.1) is 0 Å². The van der Waals surface area contributed by atoms with Gasteiger partial charge in [0.25, 0.3) is 5.91 Å². The van der Waals surface area contributed by atoms with Crippen molar-refractivity contribution in [1.29, 1.82) is 0 Å². The molecule has 0 atom stereocenters. The fraction of sp³-hybridized carbons (Fsp3) is 0.105. The molecule has 0 radical (unpaired) electrons. The number of halogens is 1. The third kappa shape index (κ3) is 2.93. The smallest absolute Gasteiger partial charge is 0.295 e. The minimum atomic E-state index is -0.239. The lowest BCUT2D eigenvalue weighted by Crippen LogP contribution is -2.26. The molecule has 2 aromatic heterocycles. The highest BCUT2D eigenvalue weighted by Gasteiger charge is 2.24. The van der Waals surface area contributed by atoms with E-state index >= 15 is 0 Å². The molecular formula is C19H14BrN3O2S. The summed E-state index contributed by atoms with van der Waals surface area (Å²) in [5, 5.41) is 10.6. The number of nitrogens with zero attached hydrogens (tertiary/aromatic N) is 3. The first-order valence-corrected chi connectivity index (χ1v) is 9.51. The number of hydrogen-bond donors (Lipinski definition) is 0. The standard InChI is InChI=1S/C19H14BrN3O2S/c1-11-14-5-3-4-6-15(14)25-16(11)18(24)23(2)19-22-21-17(26-19)12-7-9-13(20)10-8-12/h3-10H,1-2H3. The van der Waals surface area contributed by atoms with Crippen molar-refractivity contribution in [1.82, 2.24) is 10.2 Å². The zero-order chi connectivity index (χ0) is 18.3. The van der Waals surface area contributed by atoms with Crippen LogP contribution in [0.3, 0.4) is 0 Å². The molecule has 2 aromatic carbocycles. The van der Waals surface area contributed by atoms with Crippen molar-refractivity contribution in [3.63, 3.8) is 0 Å². The Hall–Kier alpha value is -2.51. The number of benzene rings is 2. The average molecular weight is 428 g/mol. The van der Waals surface area contributed by atoms with Crippen molar-refractivity contribution in [2.24, 2.45) is 0 Å². The summed E-state index contributed by atoms with van der Waals surface area (Å²) < 4.78 is 6.77. The van der Waals surface area contributed by atoms with Crippen molar-refractivity contribution >= 4 is 49.3 Å². The molecule has 0 aliphatic rings. The minimum absolute atomic E-state index is 0.239. The van der Waals surface area contributed by atoms with E-state index < -0.39 is 0 Å². The molecule has 0 bridgehead atoms. The van der Waals surface area contributed by atoms with E-state index in [0.29, 0.717) is 16.5 Å². The maximum Gasteiger partial charge on any atom is 0.295 e. The predicted octanol–water partition coefficient (Wildman–Crippen LogP) is 5.30. The van der Waals surface area contributed by atoms with Crippen LogP contribution in [0.5, 0.6) is 0 Å². The normalized spacial score (nSPS) is 11.0. The fourth-order valence-electron chi connectivity index (χ4n) is 2.68. The minimum Gasteiger partial charge on any atom is -0.451 e. The molecule has 0 saturated heterocycles. The molecule has 0 aliphatic heterocycles. The molecule has 2 heterocycles.